The van der Waals surface area contributed by atoms with Crippen LogP contribution >= 0.6 is 0 Å². The van der Waals surface area contributed by atoms with E-state index in [1.807, 2.05) is 42.7 Å². The van der Waals surface area contributed by atoms with Crippen LogP contribution in [0, 0.1) is 0 Å². The van der Waals surface area contributed by atoms with E-state index >= 15 is 0 Å². The molecular weight excluding hydrogens is 400 g/mol. The summed E-state index contributed by atoms with van der Waals surface area (Å²) < 4.78 is 11.0. The van der Waals surface area contributed by atoms with Gasteiger partial charge < -0.3 is 9.47 Å². The monoisotopic (exact) mass is 432 g/mol. The fraction of sp³-hybridized carbons (Fsp3) is 0.370. The van der Waals surface area contributed by atoms with E-state index in [2.05, 4.69) is 29.0 Å². The fourth-order valence-corrected chi connectivity index (χ4v) is 3.48. The highest BCUT2D eigenvalue weighted by Gasteiger charge is 2.05. The van der Waals surface area contributed by atoms with Crippen LogP contribution in [0.15, 0.2) is 67.0 Å². The van der Waals surface area contributed by atoms with Gasteiger partial charge in [0, 0.05) is 24.9 Å². The van der Waals surface area contributed by atoms with E-state index in [4.69, 9.17) is 9.47 Å². The molecule has 1 atom stereocenters. The summed E-state index contributed by atoms with van der Waals surface area (Å²) in [6.45, 7) is 4.23. The van der Waals surface area contributed by atoms with Gasteiger partial charge in [0.2, 0.25) is 0 Å². The second-order valence-corrected chi connectivity index (χ2v) is 8.09. The van der Waals surface area contributed by atoms with Crippen LogP contribution in [0.2, 0.25) is 0 Å². The minimum absolute atomic E-state index is 0.291. The number of aryl methyl sites for hydroxylation is 1. The van der Waals surface area contributed by atoms with Gasteiger partial charge in [0.15, 0.2) is 5.82 Å². The van der Waals surface area contributed by atoms with Crippen LogP contribution in [0.4, 0.5) is 0 Å². The Morgan fingerprint density at radius 1 is 0.875 bits per heavy atom. The topological polar surface area (TPSA) is 61.3 Å². The maximum Gasteiger partial charge on any atom is 0.308 e. The van der Waals surface area contributed by atoms with Gasteiger partial charge in [-0.1, -0.05) is 49.6 Å². The van der Waals surface area contributed by atoms with Crippen LogP contribution in [0.25, 0.3) is 11.4 Å². The van der Waals surface area contributed by atoms with Crippen molar-refractivity contribution in [2.24, 2.45) is 0 Å². The Morgan fingerprint density at radius 2 is 1.56 bits per heavy atom. The molecule has 0 fully saturated rings. The van der Waals surface area contributed by atoms with Crippen molar-refractivity contribution in [3.63, 3.8) is 0 Å². The third-order valence-corrected chi connectivity index (χ3v) is 5.28. The van der Waals surface area contributed by atoms with Crippen molar-refractivity contribution < 1.29 is 14.3 Å². The highest BCUT2D eigenvalue weighted by Crippen LogP contribution is 2.20. The predicted octanol–water partition coefficient (Wildman–Crippen LogP) is 6.17. The van der Waals surface area contributed by atoms with Gasteiger partial charge in [0.05, 0.1) is 12.7 Å². The average Bonchev–Trinajstić information content (AvgIpc) is 2.81. The molecule has 3 rings (SSSR count). The second kappa shape index (κ2) is 12.7. The van der Waals surface area contributed by atoms with Gasteiger partial charge in [-0.05, 0) is 61.6 Å². The van der Waals surface area contributed by atoms with E-state index in [-0.39, 0.29) is 5.97 Å². The van der Waals surface area contributed by atoms with Crippen molar-refractivity contribution in [2.45, 2.75) is 65.1 Å². The van der Waals surface area contributed by atoms with E-state index in [1.54, 1.807) is 12.1 Å². The van der Waals surface area contributed by atoms with Crippen LogP contribution in [0.1, 0.15) is 57.1 Å². The minimum atomic E-state index is -0.329. The van der Waals surface area contributed by atoms with Crippen molar-refractivity contribution in [2.75, 3.05) is 0 Å². The highest BCUT2D eigenvalue weighted by molar-refractivity contribution is 5.69. The molecule has 0 N–H and O–H groups in total. The van der Waals surface area contributed by atoms with E-state index in [9.17, 15) is 4.79 Å². The lowest BCUT2D eigenvalue weighted by molar-refractivity contribution is -0.131. The molecule has 0 aliphatic carbocycles. The van der Waals surface area contributed by atoms with E-state index in [1.165, 1.54) is 31.7 Å². The molecule has 0 amide bonds. The number of hydrogen-bond acceptors (Lipinski definition) is 5. The van der Waals surface area contributed by atoms with Crippen molar-refractivity contribution in [3.05, 3.63) is 78.1 Å². The first-order chi connectivity index (χ1) is 15.6. The summed E-state index contributed by atoms with van der Waals surface area (Å²) in [5.74, 6) is 0.867. The van der Waals surface area contributed by atoms with Gasteiger partial charge in [0.25, 0.3) is 0 Å². The lowest BCUT2D eigenvalue weighted by Crippen LogP contribution is -2.07. The average molecular weight is 433 g/mol. The molecule has 1 unspecified atom stereocenters. The number of nitrogens with zero attached hydrogens (tertiary/aromatic N) is 2. The third kappa shape index (κ3) is 8.23. The summed E-state index contributed by atoms with van der Waals surface area (Å²) in [5.41, 5.74) is 3.28. The number of carbonyl (C=O) groups excluding carboxylic acids is 1. The molecule has 0 spiro atoms. The maximum absolute atomic E-state index is 11.0. The molecule has 0 saturated heterocycles. The van der Waals surface area contributed by atoms with Crippen molar-refractivity contribution >= 4 is 5.97 Å². The van der Waals surface area contributed by atoms with Gasteiger partial charge in [-0.25, -0.2) is 9.97 Å². The molecule has 0 bridgehead atoms. The van der Waals surface area contributed by atoms with Gasteiger partial charge in [-0.15, -0.1) is 0 Å². The number of unbranched alkanes of at least 4 members (excludes halogenated alkanes) is 3. The Labute approximate surface area is 190 Å². The largest absolute Gasteiger partial charge is 0.427 e. The molecule has 32 heavy (non-hydrogen) atoms. The molecule has 5 heteroatoms. The first-order valence-corrected chi connectivity index (χ1v) is 11.4. The molecular formula is C27H32N2O3. The van der Waals surface area contributed by atoms with Crippen LogP contribution in [0.3, 0.4) is 0 Å². The van der Waals surface area contributed by atoms with Crippen molar-refractivity contribution in [1.29, 1.82) is 0 Å². The van der Waals surface area contributed by atoms with E-state index < -0.39 is 0 Å². The zero-order valence-corrected chi connectivity index (χ0v) is 19.0. The Kier molecular flexibility index (Phi) is 9.38. The first kappa shape index (κ1) is 23.6. The standard InChI is InChI=1S/C27H32N2O3/c1-21(31-20-23-11-8-5-9-12-23)10-6-3-4-7-13-24-18-28-27(29-19-24)25-14-16-26(17-15-25)32-22(2)30/h5,8-9,11-12,14-19,21H,3-4,6-7,10,13,20H2,1-2H3. The number of esters is 1. The fourth-order valence-electron chi connectivity index (χ4n) is 3.48. The number of hydrogen-bond donors (Lipinski definition) is 0. The molecule has 0 radical (unpaired) electrons. The predicted molar refractivity (Wildman–Crippen MR) is 126 cm³/mol. The quantitative estimate of drug-likeness (QED) is 0.195. The highest BCUT2D eigenvalue weighted by atomic mass is 16.5. The molecule has 2 aromatic carbocycles. The molecule has 5 nitrogen and oxygen atoms in total. The maximum atomic E-state index is 11.0. The molecule has 1 heterocycles. The molecule has 0 aliphatic heterocycles. The normalized spacial score (nSPS) is 11.8. The summed E-state index contributed by atoms with van der Waals surface area (Å²) in [4.78, 5) is 20.0. The number of rotatable bonds is 12. The van der Waals surface area contributed by atoms with E-state index in [0.717, 1.165) is 30.4 Å². The summed E-state index contributed by atoms with van der Waals surface area (Å²) in [5, 5.41) is 0. The van der Waals surface area contributed by atoms with Gasteiger partial charge in [-0.2, -0.15) is 0 Å². The number of carbonyl (C=O) groups is 1. The zero-order chi connectivity index (χ0) is 22.6. The molecule has 1 aromatic heterocycles. The minimum Gasteiger partial charge on any atom is -0.427 e. The number of aromatic nitrogens is 2. The van der Waals surface area contributed by atoms with Crippen LogP contribution in [-0.2, 0) is 22.6 Å². The molecule has 0 aliphatic rings. The summed E-state index contributed by atoms with van der Waals surface area (Å²) >= 11 is 0. The van der Waals surface area contributed by atoms with Crippen LogP contribution in [0.5, 0.6) is 5.75 Å². The smallest absolute Gasteiger partial charge is 0.308 e. The molecule has 168 valence electrons. The third-order valence-electron chi connectivity index (χ3n) is 5.28. The SMILES string of the molecule is CC(=O)Oc1ccc(-c2ncc(CCCCCCC(C)OCc3ccccc3)cn2)cc1. The van der Waals surface area contributed by atoms with Gasteiger partial charge in [0.1, 0.15) is 5.75 Å². The summed E-state index contributed by atoms with van der Waals surface area (Å²) in [7, 11) is 0. The van der Waals surface area contributed by atoms with Crippen molar-refractivity contribution in [1.82, 2.24) is 9.97 Å². The Morgan fingerprint density at radius 3 is 2.25 bits per heavy atom. The Bertz CT molecular complexity index is 941. The van der Waals surface area contributed by atoms with Crippen LogP contribution < -0.4 is 4.74 Å². The Hall–Kier alpha value is -3.05. The lowest BCUT2D eigenvalue weighted by Gasteiger charge is -2.13. The molecule has 0 saturated carbocycles. The number of benzene rings is 2. The summed E-state index contributed by atoms with van der Waals surface area (Å²) in [6, 6.07) is 17.5. The van der Waals surface area contributed by atoms with Crippen LogP contribution in [-0.4, -0.2) is 22.0 Å². The van der Waals surface area contributed by atoms with Crippen molar-refractivity contribution in [3.8, 4) is 17.1 Å². The van der Waals surface area contributed by atoms with Gasteiger partial charge >= 0.3 is 5.97 Å². The first-order valence-electron chi connectivity index (χ1n) is 11.4. The zero-order valence-electron chi connectivity index (χ0n) is 19.0. The molecule has 3 aromatic rings. The Balaban J connectivity index is 1.30. The van der Waals surface area contributed by atoms with Gasteiger partial charge in [-0.3, -0.25) is 4.79 Å². The number of ether oxygens (including phenoxy) is 2. The second-order valence-electron chi connectivity index (χ2n) is 8.09. The van der Waals surface area contributed by atoms with E-state index in [0.29, 0.717) is 24.3 Å². The lowest BCUT2D eigenvalue weighted by atomic mass is 10.1. The summed E-state index contributed by atoms with van der Waals surface area (Å²) in [6.07, 6.45) is 10.9.